The van der Waals surface area contributed by atoms with Crippen molar-refractivity contribution in [3.8, 4) is 5.69 Å². The van der Waals surface area contributed by atoms with E-state index in [4.69, 9.17) is 5.26 Å². The predicted octanol–water partition coefficient (Wildman–Crippen LogP) is 4.04. The van der Waals surface area contributed by atoms with Crippen LogP contribution in [-0.4, -0.2) is 54.6 Å². The molecule has 172 valence electrons. The minimum Gasteiger partial charge on any atom is -0.333 e. The van der Waals surface area contributed by atoms with E-state index in [0.29, 0.717) is 39.0 Å². The first-order valence-corrected chi connectivity index (χ1v) is 11.6. The van der Waals surface area contributed by atoms with Crippen molar-refractivity contribution >= 4 is 40.6 Å². The maximum Gasteiger partial charge on any atom is 0.289 e. The molecule has 2 N–H and O–H groups in total. The number of nitrogens with one attached hydrogen (secondary N) is 1. The Hall–Kier alpha value is -2.97. The number of benzene rings is 2. The maximum atomic E-state index is 12.8. The number of aromatic nitrogens is 4. The molecule has 0 spiro atoms. The van der Waals surface area contributed by atoms with Crippen molar-refractivity contribution < 1.29 is 24.2 Å². The largest absolute Gasteiger partial charge is 0.333 e. The number of tetrazole rings is 1. The van der Waals surface area contributed by atoms with Crippen molar-refractivity contribution in [2.45, 2.75) is 29.3 Å². The summed E-state index contributed by atoms with van der Waals surface area (Å²) in [7, 11) is 0. The number of amides is 2. The molecule has 1 aliphatic heterocycles. The molecule has 1 fully saturated rings. The van der Waals surface area contributed by atoms with Crippen LogP contribution >= 0.6 is 23.8 Å². The molecular formula is C20H20N6O5S2. The average Bonchev–Trinajstić information content (AvgIpc) is 3.31. The van der Waals surface area contributed by atoms with Crippen molar-refractivity contribution in [1.29, 1.82) is 0 Å². The van der Waals surface area contributed by atoms with Crippen LogP contribution in [0, 0.1) is 0 Å². The topological polar surface area (TPSA) is 132 Å². The number of thioether (sulfide) groups is 1. The Labute approximate surface area is 197 Å². The lowest BCUT2D eigenvalue weighted by Crippen LogP contribution is -2.33. The molecule has 0 saturated carbocycles. The molecule has 2 amide bonds. The van der Waals surface area contributed by atoms with E-state index in [0.717, 1.165) is 44.1 Å². The molecule has 0 bridgehead atoms. The van der Waals surface area contributed by atoms with Gasteiger partial charge in [0.1, 0.15) is 0 Å². The van der Waals surface area contributed by atoms with Gasteiger partial charge in [-0.25, -0.2) is 5.26 Å². The molecule has 2 heterocycles. The Morgan fingerprint density at radius 1 is 1.06 bits per heavy atom. The quantitative estimate of drug-likeness (QED) is 0.217. The zero-order chi connectivity index (χ0) is 23.0. The number of likely N-dealkylation sites (tertiary alicyclic amines) is 1. The standard InChI is InChI=1S/C20H20N6O5S2/c27-18(16-9-2-3-10-17(16)33-31-30-29)21-14-7-6-8-15(13-14)26-19(22-23-24-26)32-20(28)25-11-4-1-5-12-25/h2-3,6-10,13,29H,1,4-5,11-12H2,(H,21,27). The van der Waals surface area contributed by atoms with Gasteiger partial charge >= 0.3 is 0 Å². The second-order valence-corrected chi connectivity index (χ2v) is 8.68. The number of rotatable bonds is 7. The van der Waals surface area contributed by atoms with Gasteiger partial charge in [0, 0.05) is 30.5 Å². The van der Waals surface area contributed by atoms with Gasteiger partial charge in [0.2, 0.25) is 5.16 Å². The third kappa shape index (κ3) is 5.89. The van der Waals surface area contributed by atoms with Gasteiger partial charge in [-0.1, -0.05) is 23.2 Å². The SMILES string of the molecule is O=C(Nc1cccc(-n2nnnc2SC(=O)N2CCCCC2)c1)c1ccccc1SOOO. The van der Waals surface area contributed by atoms with E-state index < -0.39 is 0 Å². The molecule has 1 aliphatic rings. The van der Waals surface area contributed by atoms with Crippen LogP contribution in [0.5, 0.6) is 0 Å². The van der Waals surface area contributed by atoms with Crippen molar-refractivity contribution in [2.24, 2.45) is 0 Å². The molecule has 0 unspecified atom stereocenters. The number of carbonyl (C=O) groups is 2. The molecule has 11 nitrogen and oxygen atoms in total. The van der Waals surface area contributed by atoms with Crippen LogP contribution in [0.4, 0.5) is 10.5 Å². The van der Waals surface area contributed by atoms with Gasteiger partial charge in [-0.3, -0.25) is 9.59 Å². The summed E-state index contributed by atoms with van der Waals surface area (Å²) < 4.78 is 5.91. The third-order valence-corrected chi connectivity index (χ3v) is 6.40. The molecule has 1 aromatic heterocycles. The van der Waals surface area contributed by atoms with Crippen molar-refractivity contribution in [3.63, 3.8) is 0 Å². The van der Waals surface area contributed by atoms with Gasteiger partial charge in [0.25, 0.3) is 11.1 Å². The van der Waals surface area contributed by atoms with Gasteiger partial charge in [-0.05, 0) is 60.0 Å². The van der Waals surface area contributed by atoms with E-state index in [2.05, 4.69) is 30.2 Å². The van der Waals surface area contributed by atoms with Gasteiger partial charge in [-0.2, -0.15) is 4.68 Å². The molecular weight excluding hydrogens is 468 g/mol. The normalized spacial score (nSPS) is 13.7. The summed E-state index contributed by atoms with van der Waals surface area (Å²) in [6.45, 7) is 1.48. The first kappa shape index (κ1) is 23.2. The second kappa shape index (κ2) is 11.2. The highest BCUT2D eigenvalue weighted by Crippen LogP contribution is 2.26. The number of piperidine rings is 1. The zero-order valence-corrected chi connectivity index (χ0v) is 18.9. The van der Waals surface area contributed by atoms with Crippen molar-refractivity contribution in [3.05, 3.63) is 54.1 Å². The zero-order valence-electron chi connectivity index (χ0n) is 17.3. The first-order chi connectivity index (χ1) is 16.2. The molecule has 1 saturated heterocycles. The molecule has 0 aliphatic carbocycles. The summed E-state index contributed by atoms with van der Waals surface area (Å²) in [6, 6.07) is 13.6. The van der Waals surface area contributed by atoms with Gasteiger partial charge < -0.3 is 10.2 Å². The van der Waals surface area contributed by atoms with E-state index in [1.807, 2.05) is 4.90 Å². The third-order valence-electron chi connectivity index (χ3n) is 4.87. The second-order valence-electron chi connectivity index (χ2n) is 7.02. The Bertz CT molecular complexity index is 1120. The summed E-state index contributed by atoms with van der Waals surface area (Å²) >= 11 is 1.69. The smallest absolute Gasteiger partial charge is 0.289 e. The van der Waals surface area contributed by atoms with Gasteiger partial charge in [-0.15, -0.1) is 9.43 Å². The van der Waals surface area contributed by atoms with Crippen LogP contribution in [-0.2, 0) is 9.37 Å². The number of hydrogen-bond donors (Lipinski definition) is 2. The summed E-state index contributed by atoms with van der Waals surface area (Å²) in [5.41, 5.74) is 1.42. The monoisotopic (exact) mass is 488 g/mol. The molecule has 0 radical (unpaired) electrons. The fourth-order valence-corrected chi connectivity index (χ4v) is 4.58. The number of hydrogen-bond acceptors (Lipinski definition) is 10. The molecule has 13 heteroatoms. The predicted molar refractivity (Wildman–Crippen MR) is 121 cm³/mol. The van der Waals surface area contributed by atoms with E-state index in [1.165, 1.54) is 4.68 Å². The van der Waals surface area contributed by atoms with Crippen LogP contribution in [0.25, 0.3) is 5.69 Å². The van der Waals surface area contributed by atoms with Gasteiger partial charge in [0.05, 0.1) is 28.2 Å². The van der Waals surface area contributed by atoms with E-state index in [1.54, 1.807) is 48.5 Å². The Balaban J connectivity index is 1.49. The maximum absolute atomic E-state index is 12.8. The highest BCUT2D eigenvalue weighted by Gasteiger charge is 2.21. The number of anilines is 1. The highest BCUT2D eigenvalue weighted by atomic mass is 32.2. The van der Waals surface area contributed by atoms with Crippen LogP contribution in [0.2, 0.25) is 0 Å². The summed E-state index contributed by atoms with van der Waals surface area (Å²) in [4.78, 5) is 27.7. The number of nitrogens with zero attached hydrogens (tertiary/aromatic N) is 5. The van der Waals surface area contributed by atoms with Crippen LogP contribution in [0.15, 0.2) is 58.6 Å². The molecule has 3 aromatic rings. The summed E-state index contributed by atoms with van der Waals surface area (Å²) in [6.07, 6.45) is 3.13. The lowest BCUT2D eigenvalue weighted by Gasteiger charge is -2.25. The molecule has 33 heavy (non-hydrogen) atoms. The lowest BCUT2D eigenvalue weighted by atomic mass is 10.1. The molecule has 4 rings (SSSR count). The summed E-state index contributed by atoms with van der Waals surface area (Å²) in [5.74, 6) is -0.386. The molecule has 0 atom stereocenters. The van der Waals surface area contributed by atoms with Crippen LogP contribution in [0.1, 0.15) is 29.6 Å². The minimum atomic E-state index is -0.386. The van der Waals surface area contributed by atoms with Crippen molar-refractivity contribution in [1.82, 2.24) is 25.1 Å². The highest BCUT2D eigenvalue weighted by molar-refractivity contribution is 8.13. The van der Waals surface area contributed by atoms with E-state index >= 15 is 0 Å². The Kier molecular flexibility index (Phi) is 7.91. The Morgan fingerprint density at radius 3 is 2.70 bits per heavy atom. The summed E-state index contributed by atoms with van der Waals surface area (Å²) in [5, 5.41) is 26.8. The first-order valence-electron chi connectivity index (χ1n) is 10.1. The van der Waals surface area contributed by atoms with Gasteiger partial charge in [0.15, 0.2) is 0 Å². The lowest BCUT2D eigenvalue weighted by molar-refractivity contribution is -0.432. The van der Waals surface area contributed by atoms with E-state index in [9.17, 15) is 9.59 Å². The van der Waals surface area contributed by atoms with Crippen LogP contribution < -0.4 is 5.32 Å². The van der Waals surface area contributed by atoms with Crippen LogP contribution in [0.3, 0.4) is 0 Å². The minimum absolute atomic E-state index is 0.0848. The molecule has 2 aromatic carbocycles. The average molecular weight is 489 g/mol. The van der Waals surface area contributed by atoms with E-state index in [-0.39, 0.29) is 11.1 Å². The Morgan fingerprint density at radius 2 is 1.88 bits per heavy atom. The fraction of sp³-hybridized carbons (Fsp3) is 0.250. The number of carbonyl (C=O) groups excluding carboxylic acids is 2. The fourth-order valence-electron chi connectivity index (χ4n) is 3.32. The van der Waals surface area contributed by atoms with Crippen molar-refractivity contribution in [2.75, 3.05) is 18.4 Å².